The molecular weight excluding hydrogens is 436 g/mol. The summed E-state index contributed by atoms with van der Waals surface area (Å²) in [5.41, 5.74) is 1.88. The summed E-state index contributed by atoms with van der Waals surface area (Å²) in [5.74, 6) is 0.880. The van der Waals surface area contributed by atoms with Gasteiger partial charge >= 0.3 is 0 Å². The first-order chi connectivity index (χ1) is 12.4. The number of aromatic nitrogens is 1. The third kappa shape index (κ3) is 4.75. The van der Waals surface area contributed by atoms with Crippen LogP contribution in [0.3, 0.4) is 0 Å². The number of thiazole rings is 1. The number of rotatable bonds is 6. The third-order valence-corrected chi connectivity index (χ3v) is 6.40. The van der Waals surface area contributed by atoms with E-state index in [2.05, 4.69) is 26.2 Å². The Hall–Kier alpha value is -1.63. The van der Waals surface area contributed by atoms with Crippen LogP contribution < -0.4 is 10.1 Å². The van der Waals surface area contributed by atoms with E-state index in [1.54, 1.807) is 0 Å². The molecule has 0 unspecified atom stereocenters. The van der Waals surface area contributed by atoms with Gasteiger partial charge in [-0.1, -0.05) is 64.8 Å². The number of fused-ring (bicyclic) bond motifs is 1. The fraction of sp³-hybridized carbons (Fsp3) is 0.263. The minimum atomic E-state index is -0.243. The number of halogens is 2. The van der Waals surface area contributed by atoms with Crippen molar-refractivity contribution >= 4 is 60.1 Å². The van der Waals surface area contributed by atoms with Crippen molar-refractivity contribution in [1.29, 1.82) is 0 Å². The number of carbonyl (C=O) groups excluding carboxylic acids is 1. The van der Waals surface area contributed by atoms with Crippen LogP contribution >= 0.6 is 38.9 Å². The van der Waals surface area contributed by atoms with E-state index in [4.69, 9.17) is 16.3 Å². The van der Waals surface area contributed by atoms with E-state index in [1.165, 1.54) is 11.3 Å². The standard InChI is InChI=1S/C19H18BrClN2O2S/c1-11(2)17(20)18(24)23-19-22-15-8-7-14(9-16(15)26-19)25-10-12-3-5-13(21)6-4-12/h3-9,11,17H,10H2,1-2H3,(H,22,23,24)/t17-/m1/s1. The van der Waals surface area contributed by atoms with E-state index in [9.17, 15) is 4.79 Å². The van der Waals surface area contributed by atoms with Crippen LogP contribution in [0.25, 0.3) is 10.2 Å². The van der Waals surface area contributed by atoms with Crippen LogP contribution in [0.5, 0.6) is 5.75 Å². The molecule has 26 heavy (non-hydrogen) atoms. The molecule has 0 aliphatic rings. The molecule has 3 aromatic rings. The van der Waals surface area contributed by atoms with Crippen LogP contribution in [-0.2, 0) is 11.4 Å². The van der Waals surface area contributed by atoms with Gasteiger partial charge < -0.3 is 10.1 Å². The second kappa shape index (κ2) is 8.37. The van der Waals surface area contributed by atoms with Gasteiger partial charge in [-0.2, -0.15) is 0 Å². The normalized spacial score (nSPS) is 12.3. The van der Waals surface area contributed by atoms with Crippen LogP contribution in [-0.4, -0.2) is 15.7 Å². The zero-order valence-electron chi connectivity index (χ0n) is 14.3. The molecule has 1 atom stereocenters. The van der Waals surface area contributed by atoms with Crippen molar-refractivity contribution in [3.8, 4) is 5.75 Å². The van der Waals surface area contributed by atoms with Crippen LogP contribution in [0, 0.1) is 5.92 Å². The number of hydrogen-bond acceptors (Lipinski definition) is 4. The molecule has 0 aliphatic heterocycles. The topological polar surface area (TPSA) is 51.2 Å². The lowest BCUT2D eigenvalue weighted by molar-refractivity contribution is -0.116. The number of nitrogens with zero attached hydrogens (tertiary/aromatic N) is 1. The largest absolute Gasteiger partial charge is 0.489 e. The van der Waals surface area contributed by atoms with Gasteiger partial charge in [0.05, 0.1) is 15.0 Å². The van der Waals surface area contributed by atoms with Crippen LogP contribution in [0.2, 0.25) is 5.02 Å². The highest BCUT2D eigenvalue weighted by atomic mass is 79.9. The number of amides is 1. The SMILES string of the molecule is CC(C)[C@@H](Br)C(=O)Nc1nc2ccc(OCc3ccc(Cl)cc3)cc2s1. The number of nitrogens with one attached hydrogen (secondary N) is 1. The number of hydrogen-bond donors (Lipinski definition) is 1. The number of ether oxygens (including phenoxy) is 1. The summed E-state index contributed by atoms with van der Waals surface area (Å²) < 4.78 is 6.80. The summed E-state index contributed by atoms with van der Waals surface area (Å²) in [6.45, 7) is 4.44. The van der Waals surface area contributed by atoms with Gasteiger partial charge in [-0.3, -0.25) is 4.79 Å². The van der Waals surface area contributed by atoms with Crippen molar-refractivity contribution in [3.63, 3.8) is 0 Å². The third-order valence-electron chi connectivity index (χ3n) is 3.74. The molecule has 0 saturated carbocycles. The first-order valence-corrected chi connectivity index (χ1v) is 10.3. The number of alkyl halides is 1. The lowest BCUT2D eigenvalue weighted by atomic mass is 10.1. The molecule has 2 aromatic carbocycles. The Balaban J connectivity index is 1.69. The summed E-state index contributed by atoms with van der Waals surface area (Å²) in [6, 6.07) is 13.3. The molecule has 1 amide bonds. The van der Waals surface area contributed by atoms with E-state index in [0.717, 1.165) is 21.5 Å². The maximum absolute atomic E-state index is 12.2. The fourth-order valence-corrected chi connectivity index (χ4v) is 3.41. The fourth-order valence-electron chi connectivity index (χ4n) is 2.27. The molecule has 0 spiro atoms. The van der Waals surface area contributed by atoms with Gasteiger partial charge in [0.2, 0.25) is 5.91 Å². The highest BCUT2D eigenvalue weighted by Gasteiger charge is 2.19. The molecule has 3 rings (SSSR count). The first-order valence-electron chi connectivity index (χ1n) is 8.15. The summed E-state index contributed by atoms with van der Waals surface area (Å²) in [6.07, 6.45) is 0. The van der Waals surface area contributed by atoms with Crippen molar-refractivity contribution in [3.05, 3.63) is 53.1 Å². The molecule has 1 aromatic heterocycles. The summed E-state index contributed by atoms with van der Waals surface area (Å²) in [5, 5.41) is 4.16. The summed E-state index contributed by atoms with van der Waals surface area (Å²) >= 11 is 10.7. The van der Waals surface area contributed by atoms with Crippen LogP contribution in [0.15, 0.2) is 42.5 Å². The van der Waals surface area contributed by atoms with E-state index in [0.29, 0.717) is 16.8 Å². The quantitative estimate of drug-likeness (QED) is 0.474. The van der Waals surface area contributed by atoms with Gasteiger partial charge in [-0.05, 0) is 41.8 Å². The molecule has 0 radical (unpaired) electrons. The number of carbonyl (C=O) groups is 1. The first kappa shape index (κ1) is 19.1. The predicted octanol–water partition coefficient (Wildman–Crippen LogP) is 5.89. The van der Waals surface area contributed by atoms with Gasteiger partial charge in [0.15, 0.2) is 5.13 Å². The van der Waals surface area contributed by atoms with Crippen molar-refractivity contribution < 1.29 is 9.53 Å². The molecule has 1 heterocycles. The Labute approximate surface area is 169 Å². The molecule has 0 aliphatic carbocycles. The van der Waals surface area contributed by atoms with E-state index in [1.807, 2.05) is 56.3 Å². The Morgan fingerprint density at radius 3 is 2.69 bits per heavy atom. The van der Waals surface area contributed by atoms with Crippen LogP contribution in [0.4, 0.5) is 5.13 Å². The maximum Gasteiger partial charge on any atom is 0.240 e. The zero-order valence-corrected chi connectivity index (χ0v) is 17.5. The molecule has 4 nitrogen and oxygen atoms in total. The zero-order chi connectivity index (χ0) is 18.7. The van der Waals surface area contributed by atoms with Crippen molar-refractivity contribution in [2.75, 3.05) is 5.32 Å². The summed E-state index contributed by atoms with van der Waals surface area (Å²) in [4.78, 5) is 16.4. The predicted molar refractivity (Wildman–Crippen MR) is 112 cm³/mol. The average molecular weight is 454 g/mol. The molecule has 136 valence electrons. The Morgan fingerprint density at radius 1 is 1.27 bits per heavy atom. The number of anilines is 1. The van der Waals surface area contributed by atoms with E-state index >= 15 is 0 Å². The molecule has 1 N–H and O–H groups in total. The molecule has 7 heteroatoms. The van der Waals surface area contributed by atoms with Gasteiger partial charge in [0.25, 0.3) is 0 Å². The maximum atomic E-state index is 12.2. The highest BCUT2D eigenvalue weighted by Crippen LogP contribution is 2.30. The summed E-state index contributed by atoms with van der Waals surface area (Å²) in [7, 11) is 0. The second-order valence-electron chi connectivity index (χ2n) is 6.20. The van der Waals surface area contributed by atoms with Crippen molar-refractivity contribution in [2.24, 2.45) is 5.92 Å². The minimum absolute atomic E-state index is 0.0849. The van der Waals surface area contributed by atoms with E-state index < -0.39 is 0 Å². The van der Waals surface area contributed by atoms with E-state index in [-0.39, 0.29) is 16.7 Å². The molecular formula is C19H18BrClN2O2S. The van der Waals surface area contributed by atoms with Gasteiger partial charge in [0, 0.05) is 5.02 Å². The second-order valence-corrected chi connectivity index (χ2v) is 8.65. The smallest absolute Gasteiger partial charge is 0.240 e. The molecule has 0 bridgehead atoms. The minimum Gasteiger partial charge on any atom is -0.489 e. The Morgan fingerprint density at radius 2 is 2.00 bits per heavy atom. The lowest BCUT2D eigenvalue weighted by Crippen LogP contribution is -2.26. The van der Waals surface area contributed by atoms with Gasteiger partial charge in [-0.15, -0.1) is 0 Å². The highest BCUT2D eigenvalue weighted by molar-refractivity contribution is 9.10. The lowest BCUT2D eigenvalue weighted by Gasteiger charge is -2.11. The van der Waals surface area contributed by atoms with Crippen molar-refractivity contribution in [2.45, 2.75) is 25.3 Å². The monoisotopic (exact) mass is 452 g/mol. The number of benzene rings is 2. The van der Waals surface area contributed by atoms with Crippen molar-refractivity contribution in [1.82, 2.24) is 4.98 Å². The van der Waals surface area contributed by atoms with Gasteiger partial charge in [-0.25, -0.2) is 4.98 Å². The Bertz CT molecular complexity index is 912. The Kier molecular flexibility index (Phi) is 6.16. The van der Waals surface area contributed by atoms with Crippen LogP contribution in [0.1, 0.15) is 19.4 Å². The molecule has 0 saturated heterocycles. The van der Waals surface area contributed by atoms with Gasteiger partial charge in [0.1, 0.15) is 12.4 Å². The average Bonchev–Trinajstić information content (AvgIpc) is 3.01. The molecule has 0 fully saturated rings.